The van der Waals surface area contributed by atoms with Crippen LogP contribution in [0.25, 0.3) is 0 Å². The predicted molar refractivity (Wildman–Crippen MR) is 86.8 cm³/mol. The first-order chi connectivity index (χ1) is 11.8. The first kappa shape index (κ1) is 22.9. The second-order valence-corrected chi connectivity index (χ2v) is 8.84. The molecule has 0 bridgehead atoms. The van der Waals surface area contributed by atoms with Gasteiger partial charge in [0.2, 0.25) is 0 Å². The van der Waals surface area contributed by atoms with E-state index in [0.717, 1.165) is 0 Å². The number of carbonyl (C=O) groups is 1. The molecule has 1 rings (SSSR count). The Balaban J connectivity index is 2.76. The molecule has 0 spiro atoms. The molecule has 0 saturated carbocycles. The fraction of sp³-hybridized carbons (Fsp3) is 0.812. The smallest absolute Gasteiger partial charge is 0.419 e. The van der Waals surface area contributed by atoms with Gasteiger partial charge in [0.05, 0.1) is 18.1 Å². The van der Waals surface area contributed by atoms with E-state index in [1.54, 1.807) is 6.92 Å². The second kappa shape index (κ2) is 8.69. The lowest BCUT2D eigenvalue weighted by molar-refractivity contribution is -0.346. The van der Waals surface area contributed by atoms with Crippen molar-refractivity contribution in [2.75, 3.05) is 18.1 Å². The van der Waals surface area contributed by atoms with Crippen molar-refractivity contribution in [2.45, 2.75) is 57.7 Å². The maximum absolute atomic E-state index is 13.3. The van der Waals surface area contributed by atoms with Crippen LogP contribution in [0.3, 0.4) is 0 Å². The maximum Gasteiger partial charge on any atom is 0.419 e. The minimum Gasteiger partial charge on any atom is -0.457 e. The number of esters is 1. The van der Waals surface area contributed by atoms with Gasteiger partial charge in [-0.2, -0.15) is 17.6 Å². The number of ether oxygens (including phenoxy) is 2. The molecular weight excluding hydrogens is 380 g/mol. The van der Waals surface area contributed by atoms with Crippen LogP contribution in [-0.4, -0.2) is 50.6 Å². The standard InChI is InChI=1S/C16H24F4O5S/c1-4-11(2)14(21)25-13(10-24-16(19,20)15(3,17)18)9-12-5-7-26(22,23)8-6-12/h12-13H,2,4-10H2,1,3H3. The summed E-state index contributed by atoms with van der Waals surface area (Å²) in [6.07, 6.45) is -5.03. The lowest BCUT2D eigenvalue weighted by Crippen LogP contribution is -2.43. The van der Waals surface area contributed by atoms with Gasteiger partial charge in [0.15, 0.2) is 0 Å². The average Bonchev–Trinajstić information content (AvgIpc) is 2.52. The fourth-order valence-corrected chi connectivity index (χ4v) is 3.99. The van der Waals surface area contributed by atoms with E-state index in [1.165, 1.54) is 0 Å². The van der Waals surface area contributed by atoms with Gasteiger partial charge in [0.1, 0.15) is 15.9 Å². The highest BCUT2D eigenvalue weighted by Gasteiger charge is 2.54. The molecule has 0 N–H and O–H groups in total. The largest absolute Gasteiger partial charge is 0.457 e. The lowest BCUT2D eigenvalue weighted by atomic mass is 9.95. The summed E-state index contributed by atoms with van der Waals surface area (Å²) >= 11 is 0. The molecule has 1 fully saturated rings. The van der Waals surface area contributed by atoms with Gasteiger partial charge < -0.3 is 9.47 Å². The molecule has 10 heteroatoms. The number of hydrogen-bond acceptors (Lipinski definition) is 5. The Labute approximate surface area is 150 Å². The SMILES string of the molecule is C=C(CC)C(=O)OC(COC(F)(F)C(C)(F)F)CC1CCS(=O)(=O)CC1. The molecule has 5 nitrogen and oxygen atoms in total. The number of sulfone groups is 1. The van der Waals surface area contributed by atoms with Crippen molar-refractivity contribution < 1.29 is 40.2 Å². The van der Waals surface area contributed by atoms with Gasteiger partial charge in [-0.15, -0.1) is 0 Å². The van der Waals surface area contributed by atoms with Crippen molar-refractivity contribution in [3.63, 3.8) is 0 Å². The number of halogens is 4. The number of rotatable bonds is 9. The van der Waals surface area contributed by atoms with Crippen molar-refractivity contribution in [3.8, 4) is 0 Å². The third-order valence-corrected chi connectivity index (χ3v) is 5.94. The van der Waals surface area contributed by atoms with Crippen LogP contribution in [0.2, 0.25) is 0 Å². The molecule has 0 amide bonds. The van der Waals surface area contributed by atoms with E-state index in [1.807, 2.05) is 0 Å². The summed E-state index contributed by atoms with van der Waals surface area (Å²) in [7, 11) is -3.12. The zero-order valence-corrected chi connectivity index (χ0v) is 15.6. The summed E-state index contributed by atoms with van der Waals surface area (Å²) in [6, 6.07) is 0. The lowest BCUT2D eigenvalue weighted by Gasteiger charge is -2.29. The Hall–Kier alpha value is -1.16. The summed E-state index contributed by atoms with van der Waals surface area (Å²) in [4.78, 5) is 11.8. The Morgan fingerprint density at radius 1 is 1.23 bits per heavy atom. The van der Waals surface area contributed by atoms with Gasteiger partial charge in [0, 0.05) is 12.5 Å². The van der Waals surface area contributed by atoms with Crippen molar-refractivity contribution in [2.24, 2.45) is 5.92 Å². The van der Waals surface area contributed by atoms with Crippen LogP contribution in [0.15, 0.2) is 12.2 Å². The summed E-state index contributed by atoms with van der Waals surface area (Å²) in [5.74, 6) is -5.52. The Bertz CT molecular complexity index is 599. The van der Waals surface area contributed by atoms with Gasteiger partial charge in [-0.3, -0.25) is 0 Å². The molecule has 1 aliphatic rings. The summed E-state index contributed by atoms with van der Waals surface area (Å²) < 4.78 is 84.4. The molecule has 26 heavy (non-hydrogen) atoms. The van der Waals surface area contributed by atoms with Crippen molar-refractivity contribution in [1.82, 2.24) is 0 Å². The molecule has 1 aliphatic heterocycles. The Kier molecular flexibility index (Phi) is 7.64. The van der Waals surface area contributed by atoms with Gasteiger partial charge in [-0.25, -0.2) is 13.2 Å². The highest BCUT2D eigenvalue weighted by atomic mass is 32.2. The monoisotopic (exact) mass is 404 g/mol. The van der Waals surface area contributed by atoms with Gasteiger partial charge in [-0.05, 0) is 31.6 Å². The molecule has 0 aromatic carbocycles. The Morgan fingerprint density at radius 3 is 2.23 bits per heavy atom. The molecule has 1 atom stereocenters. The highest BCUT2D eigenvalue weighted by molar-refractivity contribution is 7.91. The van der Waals surface area contributed by atoms with Gasteiger partial charge >= 0.3 is 18.0 Å². The van der Waals surface area contributed by atoms with E-state index in [2.05, 4.69) is 11.3 Å². The normalized spacial score (nSPS) is 19.8. The molecular formula is C16H24F4O5S. The molecule has 1 saturated heterocycles. The minimum atomic E-state index is -4.71. The van der Waals surface area contributed by atoms with E-state index in [9.17, 15) is 30.8 Å². The zero-order valence-electron chi connectivity index (χ0n) is 14.8. The van der Waals surface area contributed by atoms with Crippen LogP contribution in [0, 0.1) is 5.92 Å². The van der Waals surface area contributed by atoms with E-state index < -0.39 is 40.5 Å². The second-order valence-electron chi connectivity index (χ2n) is 6.53. The summed E-state index contributed by atoms with van der Waals surface area (Å²) in [5.41, 5.74) is 0.105. The molecule has 1 heterocycles. The molecule has 0 radical (unpaired) electrons. The third kappa shape index (κ3) is 6.86. The van der Waals surface area contributed by atoms with E-state index in [0.29, 0.717) is 0 Å². The minimum absolute atomic E-state index is 0.0267. The average molecular weight is 404 g/mol. The third-order valence-electron chi connectivity index (χ3n) is 4.22. The fourth-order valence-electron chi connectivity index (χ4n) is 2.40. The van der Waals surface area contributed by atoms with Crippen molar-refractivity contribution >= 4 is 15.8 Å². The summed E-state index contributed by atoms with van der Waals surface area (Å²) in [5, 5.41) is 0. The quantitative estimate of drug-likeness (QED) is 0.335. The van der Waals surface area contributed by atoms with Crippen LogP contribution in [0.5, 0.6) is 0 Å². The Morgan fingerprint density at radius 2 is 1.77 bits per heavy atom. The molecule has 0 aliphatic carbocycles. The molecule has 152 valence electrons. The number of alkyl halides is 4. The van der Waals surface area contributed by atoms with E-state index in [4.69, 9.17) is 4.74 Å². The predicted octanol–water partition coefficient (Wildman–Crippen LogP) is 3.34. The van der Waals surface area contributed by atoms with Crippen LogP contribution in [0.1, 0.15) is 39.5 Å². The van der Waals surface area contributed by atoms with Crippen molar-refractivity contribution in [1.29, 1.82) is 0 Å². The molecule has 0 aromatic rings. The maximum atomic E-state index is 13.3. The van der Waals surface area contributed by atoms with Gasteiger partial charge in [-0.1, -0.05) is 13.5 Å². The molecule has 0 aromatic heterocycles. The van der Waals surface area contributed by atoms with E-state index in [-0.39, 0.29) is 55.6 Å². The van der Waals surface area contributed by atoms with Crippen LogP contribution in [-0.2, 0) is 24.1 Å². The first-order valence-electron chi connectivity index (χ1n) is 8.26. The topological polar surface area (TPSA) is 69.7 Å². The van der Waals surface area contributed by atoms with E-state index >= 15 is 0 Å². The van der Waals surface area contributed by atoms with Gasteiger partial charge in [0.25, 0.3) is 0 Å². The summed E-state index contributed by atoms with van der Waals surface area (Å²) in [6.45, 7) is 4.22. The van der Waals surface area contributed by atoms with Crippen LogP contribution < -0.4 is 0 Å². The van der Waals surface area contributed by atoms with Crippen LogP contribution in [0.4, 0.5) is 17.6 Å². The number of carbonyl (C=O) groups excluding carboxylic acids is 1. The number of hydrogen-bond donors (Lipinski definition) is 0. The molecule has 1 unspecified atom stereocenters. The van der Waals surface area contributed by atoms with Crippen LogP contribution >= 0.6 is 0 Å². The highest BCUT2D eigenvalue weighted by Crippen LogP contribution is 2.35. The van der Waals surface area contributed by atoms with Crippen molar-refractivity contribution in [3.05, 3.63) is 12.2 Å². The zero-order chi connectivity index (χ0) is 20.2. The first-order valence-corrected chi connectivity index (χ1v) is 10.1.